The van der Waals surface area contributed by atoms with E-state index >= 15 is 0 Å². The van der Waals surface area contributed by atoms with Crippen molar-refractivity contribution in [3.63, 3.8) is 0 Å². The third-order valence-corrected chi connectivity index (χ3v) is 4.24. The van der Waals surface area contributed by atoms with Gasteiger partial charge in [0, 0.05) is 28.9 Å². The Bertz CT molecular complexity index is 721. The van der Waals surface area contributed by atoms with Crippen LogP contribution in [0.2, 0.25) is 5.02 Å². The average molecular weight is 312 g/mol. The van der Waals surface area contributed by atoms with E-state index < -0.39 is 0 Å². The van der Waals surface area contributed by atoms with Crippen molar-refractivity contribution in [2.75, 3.05) is 5.32 Å². The Morgan fingerprint density at radius 3 is 2.59 bits per heavy atom. The van der Waals surface area contributed by atoms with Gasteiger partial charge in [0.1, 0.15) is 0 Å². The third-order valence-electron chi connectivity index (χ3n) is 4.00. The highest BCUT2D eigenvalue weighted by atomic mass is 35.5. The fourth-order valence-electron chi connectivity index (χ4n) is 2.88. The Morgan fingerprint density at radius 1 is 1.09 bits per heavy atom. The van der Waals surface area contributed by atoms with Gasteiger partial charge in [0.15, 0.2) is 5.78 Å². The molecule has 1 atom stereocenters. The van der Waals surface area contributed by atoms with Crippen molar-refractivity contribution in [1.29, 1.82) is 0 Å². The molecule has 22 heavy (non-hydrogen) atoms. The molecule has 0 spiro atoms. The summed E-state index contributed by atoms with van der Waals surface area (Å²) >= 11 is 5.99. The zero-order chi connectivity index (χ0) is 15.5. The van der Waals surface area contributed by atoms with Crippen LogP contribution < -0.4 is 5.32 Å². The number of hydrogen-bond acceptors (Lipinski definition) is 2. The molecule has 2 aromatic rings. The highest BCUT2D eigenvalue weighted by Gasteiger charge is 2.22. The molecule has 1 unspecified atom stereocenters. The summed E-state index contributed by atoms with van der Waals surface area (Å²) in [6.45, 7) is 2.01. The minimum Gasteiger partial charge on any atom is -0.359 e. The van der Waals surface area contributed by atoms with Crippen molar-refractivity contribution in [3.05, 3.63) is 76.5 Å². The van der Waals surface area contributed by atoms with Gasteiger partial charge in [-0.05, 0) is 48.6 Å². The summed E-state index contributed by atoms with van der Waals surface area (Å²) in [5.41, 5.74) is 4.26. The number of carbonyl (C=O) groups excluding carboxylic acids is 1. The molecular weight excluding hydrogens is 294 g/mol. The first-order valence-corrected chi connectivity index (χ1v) is 7.81. The topological polar surface area (TPSA) is 29.1 Å². The first kappa shape index (κ1) is 14.9. The minimum absolute atomic E-state index is 0.175. The Labute approximate surface area is 135 Å². The molecule has 1 N–H and O–H groups in total. The summed E-state index contributed by atoms with van der Waals surface area (Å²) in [5, 5.41) is 4.11. The van der Waals surface area contributed by atoms with Crippen LogP contribution in [0.15, 0.2) is 60.3 Å². The van der Waals surface area contributed by atoms with Gasteiger partial charge >= 0.3 is 0 Å². The zero-order valence-electron chi connectivity index (χ0n) is 12.5. The largest absolute Gasteiger partial charge is 0.359 e. The molecule has 112 valence electrons. The highest BCUT2D eigenvalue weighted by molar-refractivity contribution is 6.30. The van der Waals surface area contributed by atoms with Crippen LogP contribution in [-0.4, -0.2) is 5.78 Å². The molecule has 0 aromatic heterocycles. The fraction of sp³-hybridized carbons (Fsp3) is 0.211. The van der Waals surface area contributed by atoms with Crippen LogP contribution in [-0.2, 0) is 4.79 Å². The fourth-order valence-corrected chi connectivity index (χ4v) is 3.11. The summed E-state index contributed by atoms with van der Waals surface area (Å²) in [7, 11) is 0. The summed E-state index contributed by atoms with van der Waals surface area (Å²) < 4.78 is 0. The molecule has 0 saturated heterocycles. The molecular formula is C19H18ClNO. The molecule has 0 amide bonds. The van der Waals surface area contributed by atoms with Crippen molar-refractivity contribution in [2.45, 2.75) is 25.7 Å². The standard InChI is InChI=1S/C19H18ClNO/c1-13-9-16(20)7-8-19(13)21-17-10-15(11-18(22)12-17)14-5-3-2-4-6-14/h2-9,12,15,21H,10-11H2,1H3. The van der Waals surface area contributed by atoms with Gasteiger partial charge < -0.3 is 5.32 Å². The lowest BCUT2D eigenvalue weighted by Gasteiger charge is -2.24. The van der Waals surface area contributed by atoms with Crippen molar-refractivity contribution < 1.29 is 4.79 Å². The van der Waals surface area contributed by atoms with Crippen LogP contribution >= 0.6 is 11.6 Å². The number of nitrogens with one attached hydrogen (secondary N) is 1. The first-order chi connectivity index (χ1) is 10.6. The second-order valence-electron chi connectivity index (χ2n) is 5.74. The van der Waals surface area contributed by atoms with E-state index in [1.807, 2.05) is 43.3 Å². The van der Waals surface area contributed by atoms with Gasteiger partial charge in [0.05, 0.1) is 0 Å². The van der Waals surface area contributed by atoms with Crippen molar-refractivity contribution >= 4 is 23.1 Å². The van der Waals surface area contributed by atoms with Crippen molar-refractivity contribution in [1.82, 2.24) is 0 Å². The lowest BCUT2D eigenvalue weighted by Crippen LogP contribution is -2.17. The number of hydrogen-bond donors (Lipinski definition) is 1. The van der Waals surface area contributed by atoms with Crippen LogP contribution in [0, 0.1) is 6.92 Å². The third kappa shape index (κ3) is 3.40. The maximum absolute atomic E-state index is 12.0. The number of allylic oxidation sites excluding steroid dienone is 2. The second kappa shape index (κ2) is 6.37. The predicted molar refractivity (Wildman–Crippen MR) is 91.3 cm³/mol. The van der Waals surface area contributed by atoms with Gasteiger partial charge in [-0.1, -0.05) is 41.9 Å². The number of ketones is 1. The number of benzene rings is 2. The lowest BCUT2D eigenvalue weighted by atomic mass is 9.85. The van der Waals surface area contributed by atoms with Crippen LogP contribution in [0.5, 0.6) is 0 Å². The summed E-state index contributed by atoms with van der Waals surface area (Å²) in [5.74, 6) is 0.419. The number of anilines is 1. The number of carbonyl (C=O) groups is 1. The minimum atomic E-state index is 0.175. The van der Waals surface area contributed by atoms with Gasteiger partial charge in [0.2, 0.25) is 0 Å². The van der Waals surface area contributed by atoms with Gasteiger partial charge in [-0.25, -0.2) is 0 Å². The smallest absolute Gasteiger partial charge is 0.158 e. The van der Waals surface area contributed by atoms with Crippen molar-refractivity contribution in [2.24, 2.45) is 0 Å². The molecule has 1 aliphatic rings. The molecule has 0 bridgehead atoms. The van der Waals surface area contributed by atoms with Crippen molar-refractivity contribution in [3.8, 4) is 0 Å². The number of rotatable bonds is 3. The summed E-state index contributed by atoms with van der Waals surface area (Å²) in [6, 6.07) is 16.0. The van der Waals surface area contributed by atoms with E-state index in [-0.39, 0.29) is 11.7 Å². The molecule has 0 saturated carbocycles. The normalized spacial score (nSPS) is 18.0. The lowest BCUT2D eigenvalue weighted by molar-refractivity contribution is -0.115. The van der Waals surface area contributed by atoms with Gasteiger partial charge in [-0.2, -0.15) is 0 Å². The van der Waals surface area contributed by atoms with E-state index in [1.165, 1.54) is 5.56 Å². The Balaban J connectivity index is 1.80. The molecule has 3 heteroatoms. The molecule has 3 rings (SSSR count). The van der Waals surface area contributed by atoms with Gasteiger partial charge in [0.25, 0.3) is 0 Å². The average Bonchev–Trinajstić information content (AvgIpc) is 2.50. The van der Waals surface area contributed by atoms with E-state index in [9.17, 15) is 4.79 Å². The van der Waals surface area contributed by atoms with E-state index in [2.05, 4.69) is 17.4 Å². The monoisotopic (exact) mass is 311 g/mol. The van der Waals surface area contributed by atoms with E-state index in [1.54, 1.807) is 6.08 Å². The SMILES string of the molecule is Cc1cc(Cl)ccc1NC1=CC(=O)CC(c2ccccc2)C1. The van der Waals surface area contributed by atoms with E-state index in [0.29, 0.717) is 6.42 Å². The molecule has 0 fully saturated rings. The second-order valence-corrected chi connectivity index (χ2v) is 6.17. The number of aryl methyl sites for hydroxylation is 1. The Hall–Kier alpha value is -2.06. The molecule has 2 nitrogen and oxygen atoms in total. The molecule has 1 aliphatic carbocycles. The highest BCUT2D eigenvalue weighted by Crippen LogP contribution is 2.32. The maximum Gasteiger partial charge on any atom is 0.158 e. The van der Waals surface area contributed by atoms with Crippen LogP contribution in [0.4, 0.5) is 5.69 Å². The summed E-state index contributed by atoms with van der Waals surface area (Å²) in [6.07, 6.45) is 3.15. The van der Waals surface area contributed by atoms with Crippen LogP contribution in [0.1, 0.15) is 29.9 Å². The van der Waals surface area contributed by atoms with Gasteiger partial charge in [-0.3, -0.25) is 4.79 Å². The maximum atomic E-state index is 12.0. The quantitative estimate of drug-likeness (QED) is 0.855. The summed E-state index contributed by atoms with van der Waals surface area (Å²) in [4.78, 5) is 12.0. The number of halogens is 1. The Kier molecular flexibility index (Phi) is 4.30. The van der Waals surface area contributed by atoms with Crippen LogP contribution in [0.25, 0.3) is 0 Å². The van der Waals surface area contributed by atoms with Gasteiger partial charge in [-0.15, -0.1) is 0 Å². The zero-order valence-corrected chi connectivity index (χ0v) is 13.2. The van der Waals surface area contributed by atoms with Crippen LogP contribution in [0.3, 0.4) is 0 Å². The van der Waals surface area contributed by atoms with E-state index in [4.69, 9.17) is 11.6 Å². The molecule has 0 aliphatic heterocycles. The molecule has 2 aromatic carbocycles. The molecule has 0 heterocycles. The van der Waals surface area contributed by atoms with E-state index in [0.717, 1.165) is 28.4 Å². The molecule has 0 radical (unpaired) electrons. The Morgan fingerprint density at radius 2 is 1.86 bits per heavy atom. The predicted octanol–water partition coefficient (Wildman–Crippen LogP) is 5.09. The first-order valence-electron chi connectivity index (χ1n) is 7.43.